The van der Waals surface area contributed by atoms with Crippen molar-refractivity contribution in [1.82, 2.24) is 4.90 Å². The minimum Gasteiger partial charge on any atom is -0.330 e. The zero-order valence-corrected chi connectivity index (χ0v) is 9.71. The number of rotatable bonds is 7. The van der Waals surface area contributed by atoms with Crippen molar-refractivity contribution in [2.45, 2.75) is 58.5 Å². The average molecular weight is 186 g/mol. The van der Waals surface area contributed by atoms with Crippen molar-refractivity contribution in [3.8, 4) is 0 Å². The van der Waals surface area contributed by atoms with E-state index in [1.807, 2.05) is 0 Å². The van der Waals surface area contributed by atoms with Crippen LogP contribution in [0.15, 0.2) is 0 Å². The lowest BCUT2D eigenvalue weighted by Gasteiger charge is -2.32. The van der Waals surface area contributed by atoms with Crippen molar-refractivity contribution in [2.24, 2.45) is 5.73 Å². The van der Waals surface area contributed by atoms with Gasteiger partial charge >= 0.3 is 0 Å². The maximum Gasteiger partial charge on any atom is 0.0104 e. The van der Waals surface area contributed by atoms with Gasteiger partial charge in [-0.1, -0.05) is 20.3 Å². The third-order valence-corrected chi connectivity index (χ3v) is 2.95. The fraction of sp³-hybridized carbons (Fsp3) is 1.00. The van der Waals surface area contributed by atoms with Crippen molar-refractivity contribution in [2.75, 3.05) is 13.6 Å². The second-order valence-electron chi connectivity index (χ2n) is 3.94. The van der Waals surface area contributed by atoms with E-state index in [1.54, 1.807) is 0 Å². The van der Waals surface area contributed by atoms with Gasteiger partial charge in [-0.25, -0.2) is 0 Å². The van der Waals surface area contributed by atoms with Crippen LogP contribution in [0.2, 0.25) is 0 Å². The zero-order chi connectivity index (χ0) is 10.3. The van der Waals surface area contributed by atoms with Gasteiger partial charge in [0.2, 0.25) is 0 Å². The molecule has 0 spiro atoms. The summed E-state index contributed by atoms with van der Waals surface area (Å²) < 4.78 is 0. The number of hydrogen-bond acceptors (Lipinski definition) is 2. The molecule has 0 amide bonds. The highest BCUT2D eigenvalue weighted by atomic mass is 15.2. The first kappa shape index (κ1) is 12.9. The van der Waals surface area contributed by atoms with Crippen LogP contribution < -0.4 is 5.73 Å². The highest BCUT2D eigenvalue weighted by Crippen LogP contribution is 2.12. The third-order valence-electron chi connectivity index (χ3n) is 2.95. The second-order valence-corrected chi connectivity index (χ2v) is 3.94. The van der Waals surface area contributed by atoms with Gasteiger partial charge in [0.1, 0.15) is 0 Å². The first-order valence-corrected chi connectivity index (χ1v) is 5.59. The Hall–Kier alpha value is -0.0800. The molecule has 0 fully saturated rings. The molecule has 0 aliphatic rings. The van der Waals surface area contributed by atoms with E-state index in [4.69, 9.17) is 5.73 Å². The molecular formula is C11H26N2. The lowest BCUT2D eigenvalue weighted by Crippen LogP contribution is -2.39. The van der Waals surface area contributed by atoms with Gasteiger partial charge in [0.15, 0.2) is 0 Å². The Kier molecular flexibility index (Phi) is 7.29. The van der Waals surface area contributed by atoms with Crippen LogP contribution >= 0.6 is 0 Å². The van der Waals surface area contributed by atoms with E-state index in [2.05, 4.69) is 32.7 Å². The summed E-state index contributed by atoms with van der Waals surface area (Å²) in [5, 5.41) is 0. The molecule has 2 nitrogen and oxygen atoms in total. The van der Waals surface area contributed by atoms with Crippen molar-refractivity contribution < 1.29 is 0 Å². The largest absolute Gasteiger partial charge is 0.330 e. The van der Waals surface area contributed by atoms with Gasteiger partial charge in [-0.05, 0) is 39.8 Å². The molecule has 0 rings (SSSR count). The smallest absolute Gasteiger partial charge is 0.0104 e. The lowest BCUT2D eigenvalue weighted by atomic mass is 10.1. The maximum absolute atomic E-state index is 5.59. The topological polar surface area (TPSA) is 29.3 Å². The molecule has 2 atom stereocenters. The Morgan fingerprint density at radius 2 is 1.85 bits per heavy atom. The highest BCUT2D eigenvalue weighted by Gasteiger charge is 2.16. The van der Waals surface area contributed by atoms with Gasteiger partial charge in [0.05, 0.1) is 0 Å². The molecule has 0 aliphatic heterocycles. The van der Waals surface area contributed by atoms with Gasteiger partial charge in [0, 0.05) is 12.1 Å². The minimum absolute atomic E-state index is 0.673. The molecule has 0 aromatic rings. The van der Waals surface area contributed by atoms with Crippen molar-refractivity contribution >= 4 is 0 Å². The fourth-order valence-corrected chi connectivity index (χ4v) is 1.87. The molecule has 0 radical (unpaired) electrons. The molecule has 0 aromatic carbocycles. The van der Waals surface area contributed by atoms with Crippen LogP contribution in [-0.4, -0.2) is 30.6 Å². The zero-order valence-electron chi connectivity index (χ0n) is 9.71. The summed E-state index contributed by atoms with van der Waals surface area (Å²) in [6.07, 6.45) is 4.89. The predicted octanol–water partition coefficient (Wildman–Crippen LogP) is 2.23. The van der Waals surface area contributed by atoms with Crippen LogP contribution in [0.5, 0.6) is 0 Å². The normalized spacial score (nSPS) is 16.2. The SMILES string of the molecule is CCCC(C)N(C)C(CC)CCN. The molecule has 0 saturated carbocycles. The van der Waals surface area contributed by atoms with E-state index in [0.717, 1.165) is 13.0 Å². The Morgan fingerprint density at radius 1 is 1.23 bits per heavy atom. The van der Waals surface area contributed by atoms with Crippen LogP contribution in [0.4, 0.5) is 0 Å². The van der Waals surface area contributed by atoms with Crippen LogP contribution in [-0.2, 0) is 0 Å². The molecular weight excluding hydrogens is 160 g/mol. The van der Waals surface area contributed by atoms with Crippen LogP contribution in [0.25, 0.3) is 0 Å². The van der Waals surface area contributed by atoms with Crippen molar-refractivity contribution in [1.29, 1.82) is 0 Å². The summed E-state index contributed by atoms with van der Waals surface area (Å²) >= 11 is 0. The van der Waals surface area contributed by atoms with Crippen LogP contribution in [0.1, 0.15) is 46.5 Å². The molecule has 2 unspecified atom stereocenters. The van der Waals surface area contributed by atoms with Gasteiger partial charge in [0.25, 0.3) is 0 Å². The summed E-state index contributed by atoms with van der Waals surface area (Å²) in [6.45, 7) is 7.61. The Balaban J connectivity index is 3.94. The predicted molar refractivity (Wildman–Crippen MR) is 59.9 cm³/mol. The van der Waals surface area contributed by atoms with E-state index in [1.165, 1.54) is 19.3 Å². The summed E-state index contributed by atoms with van der Waals surface area (Å²) in [7, 11) is 2.23. The summed E-state index contributed by atoms with van der Waals surface area (Å²) in [5.41, 5.74) is 5.59. The van der Waals surface area contributed by atoms with Crippen molar-refractivity contribution in [3.63, 3.8) is 0 Å². The van der Waals surface area contributed by atoms with E-state index in [9.17, 15) is 0 Å². The van der Waals surface area contributed by atoms with Gasteiger partial charge in [-0.3, -0.25) is 0 Å². The molecule has 0 aliphatic carbocycles. The van der Waals surface area contributed by atoms with Crippen LogP contribution in [0, 0.1) is 0 Å². The van der Waals surface area contributed by atoms with Gasteiger partial charge < -0.3 is 10.6 Å². The standard InChI is InChI=1S/C11H26N2/c1-5-7-10(3)13(4)11(6-2)8-9-12/h10-11H,5-9,12H2,1-4H3. The molecule has 0 saturated heterocycles. The summed E-state index contributed by atoms with van der Waals surface area (Å²) in [6, 6.07) is 1.37. The Morgan fingerprint density at radius 3 is 2.23 bits per heavy atom. The highest BCUT2D eigenvalue weighted by molar-refractivity contribution is 4.72. The molecule has 2 heteroatoms. The first-order chi connectivity index (χ1) is 6.17. The summed E-state index contributed by atoms with van der Waals surface area (Å²) in [5.74, 6) is 0. The molecule has 2 N–H and O–H groups in total. The number of hydrogen-bond donors (Lipinski definition) is 1. The average Bonchev–Trinajstić information content (AvgIpc) is 2.13. The second kappa shape index (κ2) is 7.34. The summed E-state index contributed by atoms with van der Waals surface area (Å²) in [4.78, 5) is 2.48. The molecule has 0 aromatic heterocycles. The molecule has 0 bridgehead atoms. The van der Waals surface area contributed by atoms with E-state index in [0.29, 0.717) is 12.1 Å². The molecule has 80 valence electrons. The molecule has 13 heavy (non-hydrogen) atoms. The Bertz CT molecular complexity index is 115. The Labute approximate surface area is 83.5 Å². The lowest BCUT2D eigenvalue weighted by molar-refractivity contribution is 0.164. The van der Waals surface area contributed by atoms with Gasteiger partial charge in [-0.15, -0.1) is 0 Å². The van der Waals surface area contributed by atoms with E-state index >= 15 is 0 Å². The third kappa shape index (κ3) is 4.63. The van der Waals surface area contributed by atoms with Crippen LogP contribution in [0.3, 0.4) is 0 Å². The number of nitrogens with two attached hydrogens (primary N) is 1. The number of nitrogens with zero attached hydrogens (tertiary/aromatic N) is 1. The quantitative estimate of drug-likeness (QED) is 0.660. The van der Waals surface area contributed by atoms with Gasteiger partial charge in [-0.2, -0.15) is 0 Å². The molecule has 0 heterocycles. The van der Waals surface area contributed by atoms with E-state index < -0.39 is 0 Å². The van der Waals surface area contributed by atoms with E-state index in [-0.39, 0.29) is 0 Å². The monoisotopic (exact) mass is 186 g/mol. The minimum atomic E-state index is 0.673. The first-order valence-electron chi connectivity index (χ1n) is 5.59. The maximum atomic E-state index is 5.59. The fourth-order valence-electron chi connectivity index (χ4n) is 1.87. The van der Waals surface area contributed by atoms with Crippen molar-refractivity contribution in [3.05, 3.63) is 0 Å².